The number of thiophene rings is 2. The second kappa shape index (κ2) is 10.7. The van der Waals surface area contributed by atoms with Crippen molar-refractivity contribution in [3.63, 3.8) is 0 Å². The van der Waals surface area contributed by atoms with E-state index < -0.39 is 0 Å². The van der Waals surface area contributed by atoms with Gasteiger partial charge in [-0.2, -0.15) is 0 Å². The lowest BCUT2D eigenvalue weighted by Gasteiger charge is -2.30. The molecule has 6 heteroatoms. The molecule has 0 N–H and O–H groups in total. The van der Waals surface area contributed by atoms with Gasteiger partial charge in [-0.05, 0) is 68.9 Å². The maximum absolute atomic E-state index is 2.38. The third kappa shape index (κ3) is 3.89. The fraction of sp³-hybridized carbons (Fsp3) is 0. The summed E-state index contributed by atoms with van der Waals surface area (Å²) in [5.41, 5.74) is 8.58. The SMILES string of the molecule is c1ccc2c(c1)Sc1ccccc1B2c1c2sc3ccccc3c2c(B2c3ccccc3Sc3ccccc32)c2sc3ccccc3c12. The standard InChI is InChI=1S/C42H24B2S4/c1-7-19-31-25(13-1)37-39(43-27-15-3-9-21-33(27)45-34-22-10-4-16-28(34)43)42-38(26-14-2-8-20-32(26)48-42)40(41(37)47-31)44-29-17-5-11-23-35(29)46-36-24-12-6-18-30(36)44/h1-24H. The first-order chi connectivity index (χ1) is 23.8. The number of fused-ring (bicyclic) bond motifs is 10. The second-order valence-corrected chi connectivity index (χ2v) is 16.9. The lowest BCUT2D eigenvalue weighted by molar-refractivity contribution is 1.43. The fourth-order valence-corrected chi connectivity index (χ4v) is 13.1. The smallest absolute Gasteiger partial charge is 0.136 e. The number of benzene rings is 7. The molecule has 0 unspecified atom stereocenters. The highest BCUT2D eigenvalue weighted by atomic mass is 32.2. The molecule has 2 aromatic heterocycles. The zero-order valence-corrected chi connectivity index (χ0v) is 28.9. The summed E-state index contributed by atoms with van der Waals surface area (Å²) in [5.74, 6) is 0. The molecule has 0 atom stereocenters. The summed E-state index contributed by atoms with van der Waals surface area (Å²) in [5, 5.41) is 5.60. The van der Waals surface area contributed by atoms with Gasteiger partial charge >= 0.3 is 0 Å². The van der Waals surface area contributed by atoms with E-state index in [1.807, 2.05) is 46.2 Å². The van der Waals surface area contributed by atoms with Crippen LogP contribution in [0.25, 0.3) is 40.3 Å². The molecule has 11 rings (SSSR count). The van der Waals surface area contributed by atoms with Gasteiger partial charge in [-0.25, -0.2) is 0 Å². The van der Waals surface area contributed by atoms with Gasteiger partial charge in [-0.3, -0.25) is 0 Å². The summed E-state index contributed by atoms with van der Waals surface area (Å²) < 4.78 is 5.57. The normalized spacial score (nSPS) is 13.6. The molecule has 0 saturated carbocycles. The molecule has 0 saturated heterocycles. The van der Waals surface area contributed by atoms with E-state index in [0.29, 0.717) is 0 Å². The summed E-state index contributed by atoms with van der Waals surface area (Å²) in [6.07, 6.45) is 0. The summed E-state index contributed by atoms with van der Waals surface area (Å²) in [6, 6.07) is 54.7. The minimum absolute atomic E-state index is 0.130. The Kier molecular flexibility index (Phi) is 6.15. The largest absolute Gasteiger partial charge is 0.246 e. The van der Waals surface area contributed by atoms with Crippen molar-refractivity contribution >= 4 is 133 Å². The summed E-state index contributed by atoms with van der Waals surface area (Å²) in [6.45, 7) is 0.260. The average molecular weight is 679 g/mol. The van der Waals surface area contributed by atoms with Crippen LogP contribution in [-0.2, 0) is 0 Å². The molecule has 222 valence electrons. The van der Waals surface area contributed by atoms with Gasteiger partial charge in [-0.15, -0.1) is 22.7 Å². The van der Waals surface area contributed by atoms with Crippen molar-refractivity contribution < 1.29 is 0 Å². The van der Waals surface area contributed by atoms with Gasteiger partial charge < -0.3 is 0 Å². The molecule has 7 aromatic carbocycles. The summed E-state index contributed by atoms with van der Waals surface area (Å²) in [7, 11) is 0. The van der Waals surface area contributed by atoms with Gasteiger partial charge in [0.05, 0.1) is 0 Å². The zero-order valence-electron chi connectivity index (χ0n) is 25.6. The van der Waals surface area contributed by atoms with Crippen LogP contribution in [-0.4, -0.2) is 13.4 Å². The highest BCUT2D eigenvalue weighted by Crippen LogP contribution is 2.42. The predicted molar refractivity (Wildman–Crippen MR) is 216 cm³/mol. The minimum atomic E-state index is 0.130. The Balaban J connectivity index is 1.38. The van der Waals surface area contributed by atoms with Crippen molar-refractivity contribution in [3.05, 3.63) is 146 Å². The monoisotopic (exact) mass is 678 g/mol. The first-order valence-corrected chi connectivity index (χ1v) is 19.6. The quantitative estimate of drug-likeness (QED) is 0.169. The summed E-state index contributed by atoms with van der Waals surface area (Å²) in [4.78, 5) is 5.44. The molecule has 9 aromatic rings. The van der Waals surface area contributed by atoms with E-state index in [9.17, 15) is 0 Å². The Morgan fingerprint density at radius 3 is 1.02 bits per heavy atom. The van der Waals surface area contributed by atoms with Gasteiger partial charge in [0.15, 0.2) is 0 Å². The molecule has 0 amide bonds. The first kappa shape index (κ1) is 27.7. The third-order valence-corrected chi connectivity index (χ3v) is 14.9. The lowest BCUT2D eigenvalue weighted by Crippen LogP contribution is -2.58. The molecule has 0 bridgehead atoms. The Hall–Kier alpha value is -4.19. The first-order valence-electron chi connectivity index (χ1n) is 16.3. The molecule has 0 radical (unpaired) electrons. The van der Waals surface area contributed by atoms with Crippen LogP contribution >= 0.6 is 46.2 Å². The van der Waals surface area contributed by atoms with Crippen LogP contribution in [0.3, 0.4) is 0 Å². The minimum Gasteiger partial charge on any atom is -0.136 e. The fourth-order valence-electron chi connectivity index (χ4n) is 8.22. The van der Waals surface area contributed by atoms with Crippen LogP contribution in [0.15, 0.2) is 165 Å². The van der Waals surface area contributed by atoms with E-state index in [0.717, 1.165) is 0 Å². The van der Waals surface area contributed by atoms with Crippen LogP contribution in [0.2, 0.25) is 0 Å². The maximum Gasteiger partial charge on any atom is 0.246 e. The van der Waals surface area contributed by atoms with E-state index in [1.165, 1.54) is 92.7 Å². The van der Waals surface area contributed by atoms with Gasteiger partial charge in [0.25, 0.3) is 0 Å². The van der Waals surface area contributed by atoms with Crippen molar-refractivity contribution in [1.82, 2.24) is 0 Å². The van der Waals surface area contributed by atoms with Crippen molar-refractivity contribution in [2.75, 3.05) is 0 Å². The van der Waals surface area contributed by atoms with Gasteiger partial charge in [0.1, 0.15) is 0 Å². The van der Waals surface area contributed by atoms with Crippen LogP contribution in [0.5, 0.6) is 0 Å². The molecule has 0 spiro atoms. The highest BCUT2D eigenvalue weighted by molar-refractivity contribution is 8.00. The molecule has 0 fully saturated rings. The third-order valence-electron chi connectivity index (χ3n) is 10.2. The van der Waals surface area contributed by atoms with E-state index in [2.05, 4.69) is 146 Å². The van der Waals surface area contributed by atoms with Crippen LogP contribution in [0.4, 0.5) is 0 Å². The molecule has 0 nitrogen and oxygen atoms in total. The van der Waals surface area contributed by atoms with E-state index in [-0.39, 0.29) is 13.4 Å². The average Bonchev–Trinajstić information content (AvgIpc) is 3.72. The zero-order chi connectivity index (χ0) is 31.3. The topological polar surface area (TPSA) is 0 Å². The molecule has 0 aliphatic carbocycles. The molecule has 2 aliphatic rings. The van der Waals surface area contributed by atoms with Gasteiger partial charge in [-0.1, -0.05) is 155 Å². The van der Waals surface area contributed by atoms with Crippen LogP contribution < -0.4 is 32.8 Å². The van der Waals surface area contributed by atoms with Crippen molar-refractivity contribution in [3.8, 4) is 0 Å². The Labute approximate surface area is 296 Å². The Morgan fingerprint density at radius 2 is 0.646 bits per heavy atom. The molecule has 4 heterocycles. The summed E-state index contributed by atoms with van der Waals surface area (Å²) >= 11 is 7.82. The highest BCUT2D eigenvalue weighted by Gasteiger charge is 2.39. The van der Waals surface area contributed by atoms with E-state index >= 15 is 0 Å². The second-order valence-electron chi connectivity index (χ2n) is 12.7. The number of hydrogen-bond acceptors (Lipinski definition) is 4. The van der Waals surface area contributed by atoms with Crippen LogP contribution in [0.1, 0.15) is 0 Å². The number of rotatable bonds is 2. The van der Waals surface area contributed by atoms with Crippen molar-refractivity contribution in [2.24, 2.45) is 0 Å². The molecular formula is C42H24B2S4. The predicted octanol–water partition coefficient (Wildman–Crippen LogP) is 8.38. The number of hydrogen-bond donors (Lipinski definition) is 0. The maximum atomic E-state index is 2.38. The van der Waals surface area contributed by atoms with Gasteiger partial charge in [0, 0.05) is 38.4 Å². The van der Waals surface area contributed by atoms with E-state index in [4.69, 9.17) is 0 Å². The molecule has 2 aliphatic heterocycles. The molecular weight excluding hydrogens is 654 g/mol. The molecule has 48 heavy (non-hydrogen) atoms. The van der Waals surface area contributed by atoms with Crippen LogP contribution in [0, 0.1) is 0 Å². The lowest BCUT2D eigenvalue weighted by atomic mass is 9.33. The Morgan fingerprint density at radius 1 is 0.333 bits per heavy atom. The van der Waals surface area contributed by atoms with Crippen molar-refractivity contribution in [2.45, 2.75) is 19.6 Å². The van der Waals surface area contributed by atoms with Gasteiger partial charge in [0.2, 0.25) is 13.4 Å². The van der Waals surface area contributed by atoms with E-state index in [1.54, 1.807) is 0 Å². The van der Waals surface area contributed by atoms with Crippen molar-refractivity contribution in [1.29, 1.82) is 0 Å². The Bertz CT molecular complexity index is 2490.